The maximum Gasteiger partial charge on any atom is 0.264 e. The molecule has 1 amide bonds. The molecule has 1 N–H and O–H groups in total. The van der Waals surface area contributed by atoms with Crippen LogP contribution in [-0.2, 0) is 14.8 Å². The molecule has 3 aromatic rings. The number of hydrogen-bond donors (Lipinski definition) is 1. The van der Waals surface area contributed by atoms with Crippen molar-refractivity contribution in [1.82, 2.24) is 0 Å². The van der Waals surface area contributed by atoms with E-state index in [9.17, 15) is 13.2 Å². The van der Waals surface area contributed by atoms with Gasteiger partial charge in [-0.25, -0.2) is 8.42 Å². The summed E-state index contributed by atoms with van der Waals surface area (Å²) in [7, 11) is 1.60. The molecular formula is C24H25ClN2O7S. The van der Waals surface area contributed by atoms with Crippen molar-refractivity contribution in [2.24, 2.45) is 0 Å². The molecule has 3 aromatic carbocycles. The third kappa shape index (κ3) is 5.90. The van der Waals surface area contributed by atoms with Crippen molar-refractivity contribution < 1.29 is 32.2 Å². The van der Waals surface area contributed by atoms with Gasteiger partial charge in [0, 0.05) is 11.1 Å². The van der Waals surface area contributed by atoms with Crippen molar-refractivity contribution in [1.29, 1.82) is 0 Å². The predicted octanol–water partition coefficient (Wildman–Crippen LogP) is 4.21. The van der Waals surface area contributed by atoms with Crippen LogP contribution in [0.25, 0.3) is 0 Å². The number of anilines is 2. The lowest BCUT2D eigenvalue weighted by Crippen LogP contribution is -2.38. The molecule has 186 valence electrons. The van der Waals surface area contributed by atoms with E-state index >= 15 is 0 Å². The SMILES string of the molecule is COc1ccc(N(CC(=O)Nc2cc(Cl)ccc2OC)S(=O)(=O)c2ccc(OC)c(OC)c2)cc1. The number of sulfonamides is 1. The number of carbonyl (C=O) groups is 1. The van der Waals surface area contributed by atoms with Crippen LogP contribution < -0.4 is 28.6 Å². The van der Waals surface area contributed by atoms with Crippen LogP contribution in [0.4, 0.5) is 11.4 Å². The van der Waals surface area contributed by atoms with Gasteiger partial charge >= 0.3 is 0 Å². The van der Waals surface area contributed by atoms with Gasteiger partial charge in [0.05, 0.1) is 44.7 Å². The maximum absolute atomic E-state index is 13.7. The fourth-order valence-electron chi connectivity index (χ4n) is 3.27. The Morgan fingerprint density at radius 3 is 2.06 bits per heavy atom. The summed E-state index contributed by atoms with van der Waals surface area (Å²) < 4.78 is 49.3. The lowest BCUT2D eigenvalue weighted by molar-refractivity contribution is -0.114. The van der Waals surface area contributed by atoms with Crippen LogP contribution in [0.1, 0.15) is 0 Å². The molecule has 0 aromatic heterocycles. The summed E-state index contributed by atoms with van der Waals surface area (Å²) in [5.41, 5.74) is 0.567. The van der Waals surface area contributed by atoms with E-state index in [4.69, 9.17) is 30.5 Å². The molecule has 0 spiro atoms. The summed E-state index contributed by atoms with van der Waals surface area (Å²) in [4.78, 5) is 12.9. The Hall–Kier alpha value is -3.63. The monoisotopic (exact) mass is 520 g/mol. The maximum atomic E-state index is 13.7. The first-order valence-corrected chi connectivity index (χ1v) is 12.1. The number of halogens is 1. The number of carbonyl (C=O) groups excluding carboxylic acids is 1. The highest BCUT2D eigenvalue weighted by atomic mass is 35.5. The van der Waals surface area contributed by atoms with Gasteiger partial charge in [0.2, 0.25) is 5.91 Å². The van der Waals surface area contributed by atoms with Crippen LogP contribution in [-0.4, -0.2) is 49.3 Å². The third-order valence-electron chi connectivity index (χ3n) is 5.03. The molecule has 3 rings (SSSR count). The van der Waals surface area contributed by atoms with Crippen LogP contribution >= 0.6 is 11.6 Å². The molecule has 0 radical (unpaired) electrons. The van der Waals surface area contributed by atoms with Crippen molar-refractivity contribution in [3.8, 4) is 23.0 Å². The van der Waals surface area contributed by atoms with Crippen LogP contribution in [0.5, 0.6) is 23.0 Å². The molecule has 0 fully saturated rings. The molecular weight excluding hydrogens is 496 g/mol. The quantitative estimate of drug-likeness (QED) is 0.427. The van der Waals surface area contributed by atoms with Crippen molar-refractivity contribution in [3.05, 3.63) is 65.7 Å². The van der Waals surface area contributed by atoms with Crippen molar-refractivity contribution in [3.63, 3.8) is 0 Å². The summed E-state index contributed by atoms with van der Waals surface area (Å²) >= 11 is 6.05. The summed E-state index contributed by atoms with van der Waals surface area (Å²) in [6.45, 7) is -0.529. The molecule has 0 heterocycles. The molecule has 35 heavy (non-hydrogen) atoms. The molecule has 0 saturated heterocycles. The summed E-state index contributed by atoms with van der Waals surface area (Å²) in [5, 5.41) is 3.05. The minimum Gasteiger partial charge on any atom is -0.497 e. The zero-order chi connectivity index (χ0) is 25.6. The predicted molar refractivity (Wildman–Crippen MR) is 134 cm³/mol. The van der Waals surface area contributed by atoms with E-state index in [1.165, 1.54) is 52.7 Å². The standard InChI is InChI=1S/C24H25ClN2O7S/c1-31-18-8-6-17(7-9-18)27(15-24(28)26-20-13-16(25)5-11-21(20)32-2)35(29,30)19-10-12-22(33-3)23(14-19)34-4/h5-14H,15H2,1-4H3,(H,26,28). The van der Waals surface area contributed by atoms with Gasteiger partial charge in [0.1, 0.15) is 18.0 Å². The van der Waals surface area contributed by atoms with Gasteiger partial charge in [-0.05, 0) is 54.6 Å². The number of benzene rings is 3. The average molecular weight is 521 g/mol. The summed E-state index contributed by atoms with van der Waals surface area (Å²) in [6, 6.07) is 15.2. The largest absolute Gasteiger partial charge is 0.497 e. The molecule has 0 atom stereocenters. The molecule has 11 heteroatoms. The van der Waals surface area contributed by atoms with Crippen LogP contribution in [0.2, 0.25) is 5.02 Å². The molecule has 0 aliphatic carbocycles. The van der Waals surface area contributed by atoms with E-state index in [-0.39, 0.29) is 16.3 Å². The number of nitrogens with zero attached hydrogens (tertiary/aromatic N) is 1. The lowest BCUT2D eigenvalue weighted by Gasteiger charge is -2.25. The third-order valence-corrected chi connectivity index (χ3v) is 7.03. The minimum absolute atomic E-state index is 0.0842. The first kappa shape index (κ1) is 26.0. The molecule has 9 nitrogen and oxygen atoms in total. The fourth-order valence-corrected chi connectivity index (χ4v) is 4.87. The highest BCUT2D eigenvalue weighted by Gasteiger charge is 2.29. The highest BCUT2D eigenvalue weighted by Crippen LogP contribution is 2.33. The summed E-state index contributed by atoms with van der Waals surface area (Å²) in [5.74, 6) is 0.905. The lowest BCUT2D eigenvalue weighted by atomic mass is 10.3. The van der Waals surface area contributed by atoms with Gasteiger partial charge in [-0.15, -0.1) is 0 Å². The zero-order valence-electron chi connectivity index (χ0n) is 19.6. The van der Waals surface area contributed by atoms with E-state index in [0.717, 1.165) is 4.31 Å². The second-order valence-corrected chi connectivity index (χ2v) is 9.42. The van der Waals surface area contributed by atoms with E-state index in [0.29, 0.717) is 28.0 Å². The zero-order valence-corrected chi connectivity index (χ0v) is 21.1. The molecule has 0 bridgehead atoms. The second-order valence-electron chi connectivity index (χ2n) is 7.12. The first-order valence-electron chi connectivity index (χ1n) is 10.3. The van der Waals surface area contributed by atoms with Gasteiger partial charge < -0.3 is 24.3 Å². The first-order chi connectivity index (χ1) is 16.7. The highest BCUT2D eigenvalue weighted by molar-refractivity contribution is 7.92. The number of rotatable bonds is 10. The van der Waals surface area contributed by atoms with Gasteiger partial charge in [-0.1, -0.05) is 11.6 Å². The van der Waals surface area contributed by atoms with Crippen LogP contribution in [0, 0.1) is 0 Å². The Morgan fingerprint density at radius 2 is 1.46 bits per heavy atom. The van der Waals surface area contributed by atoms with Crippen LogP contribution in [0.15, 0.2) is 65.6 Å². The van der Waals surface area contributed by atoms with Gasteiger partial charge in [0.15, 0.2) is 11.5 Å². The van der Waals surface area contributed by atoms with E-state index in [1.54, 1.807) is 36.4 Å². The number of hydrogen-bond acceptors (Lipinski definition) is 7. The Balaban J connectivity index is 2.01. The molecule has 0 aliphatic heterocycles. The molecule has 0 saturated carbocycles. The van der Waals surface area contributed by atoms with E-state index < -0.39 is 22.5 Å². The molecule has 0 unspecified atom stereocenters. The van der Waals surface area contributed by atoms with Gasteiger partial charge in [0.25, 0.3) is 10.0 Å². The Morgan fingerprint density at radius 1 is 0.829 bits per heavy atom. The number of methoxy groups -OCH3 is 4. The second kappa shape index (κ2) is 11.2. The fraction of sp³-hybridized carbons (Fsp3) is 0.208. The van der Waals surface area contributed by atoms with E-state index in [2.05, 4.69) is 5.32 Å². The minimum atomic E-state index is -4.20. The van der Waals surface area contributed by atoms with E-state index in [1.807, 2.05) is 0 Å². The van der Waals surface area contributed by atoms with Crippen molar-refractivity contribution in [2.45, 2.75) is 4.90 Å². The van der Waals surface area contributed by atoms with Gasteiger partial charge in [-0.3, -0.25) is 9.10 Å². The summed E-state index contributed by atoms with van der Waals surface area (Å²) in [6.07, 6.45) is 0. The molecule has 0 aliphatic rings. The number of ether oxygens (including phenoxy) is 4. The van der Waals surface area contributed by atoms with Crippen LogP contribution in [0.3, 0.4) is 0 Å². The average Bonchev–Trinajstić information content (AvgIpc) is 2.87. The Bertz CT molecular complexity index is 1300. The topological polar surface area (TPSA) is 103 Å². The Kier molecular flexibility index (Phi) is 8.31. The van der Waals surface area contributed by atoms with Crippen molar-refractivity contribution >= 4 is 38.9 Å². The normalized spacial score (nSPS) is 10.9. The number of nitrogens with one attached hydrogen (secondary N) is 1. The smallest absolute Gasteiger partial charge is 0.264 e. The van der Waals surface area contributed by atoms with Crippen molar-refractivity contribution in [2.75, 3.05) is 44.6 Å². The van der Waals surface area contributed by atoms with Gasteiger partial charge in [-0.2, -0.15) is 0 Å². The number of amides is 1. The Labute approximate surface area is 209 Å².